The molecule has 0 aromatic heterocycles. The molecule has 1 aliphatic rings. The monoisotopic (exact) mass is 338 g/mol. The van der Waals surface area contributed by atoms with Gasteiger partial charge in [0.25, 0.3) is 0 Å². The molecule has 2 atom stereocenters. The average molecular weight is 340 g/mol. The molecule has 1 aliphatic heterocycles. The molecule has 4 heteroatoms. The van der Waals surface area contributed by atoms with Crippen LogP contribution in [-0.2, 0) is 0 Å². The molecule has 0 bridgehead atoms. The quantitative estimate of drug-likeness (QED) is 0.819. The first-order valence-corrected chi connectivity index (χ1v) is 7.21. The Morgan fingerprint density at radius 2 is 1.95 bits per heavy atom. The van der Waals surface area contributed by atoms with Crippen molar-refractivity contribution in [2.75, 3.05) is 0 Å². The summed E-state index contributed by atoms with van der Waals surface area (Å²) in [5.41, 5.74) is 1.73. The van der Waals surface area contributed by atoms with Gasteiger partial charge in [-0.25, -0.2) is 0 Å². The third-order valence-electron chi connectivity index (χ3n) is 3.29. The van der Waals surface area contributed by atoms with E-state index in [1.54, 1.807) is 0 Å². The van der Waals surface area contributed by atoms with Crippen LogP contribution in [0.4, 0.5) is 0 Å². The van der Waals surface area contributed by atoms with Crippen LogP contribution in [0.15, 0.2) is 46.9 Å². The second kappa shape index (κ2) is 5.16. The highest BCUT2D eigenvalue weighted by Gasteiger charge is 2.29. The molecule has 19 heavy (non-hydrogen) atoms. The summed E-state index contributed by atoms with van der Waals surface area (Å²) in [5, 5.41) is 10.9. The van der Waals surface area contributed by atoms with E-state index in [2.05, 4.69) is 15.9 Å². The molecule has 2 aromatic carbocycles. The summed E-state index contributed by atoms with van der Waals surface area (Å²) in [6, 6.07) is 13.2. The van der Waals surface area contributed by atoms with Gasteiger partial charge in [-0.3, -0.25) is 0 Å². The number of halogens is 2. The third-order valence-corrected chi connectivity index (χ3v) is 4.13. The summed E-state index contributed by atoms with van der Waals surface area (Å²) >= 11 is 9.59. The number of ether oxygens (including phenoxy) is 1. The standard InChI is InChI=1S/C15H12BrClO2/c16-9-5-6-14-11(7-9)13(18)8-15(19-14)10-3-1-2-4-12(10)17/h1-7,13,15,18H,8H2. The first-order valence-electron chi connectivity index (χ1n) is 6.04. The van der Waals surface area contributed by atoms with Crippen molar-refractivity contribution in [3.8, 4) is 5.75 Å². The number of hydrogen-bond donors (Lipinski definition) is 1. The van der Waals surface area contributed by atoms with Crippen molar-refractivity contribution >= 4 is 27.5 Å². The maximum atomic E-state index is 10.3. The molecule has 2 aromatic rings. The number of fused-ring (bicyclic) bond motifs is 1. The lowest BCUT2D eigenvalue weighted by Crippen LogP contribution is -2.19. The molecular weight excluding hydrogens is 328 g/mol. The van der Waals surface area contributed by atoms with E-state index in [4.69, 9.17) is 16.3 Å². The fourth-order valence-corrected chi connectivity index (χ4v) is 2.98. The van der Waals surface area contributed by atoms with E-state index in [1.165, 1.54) is 0 Å². The van der Waals surface area contributed by atoms with Crippen LogP contribution >= 0.6 is 27.5 Å². The van der Waals surface area contributed by atoms with Crippen molar-refractivity contribution < 1.29 is 9.84 Å². The zero-order chi connectivity index (χ0) is 13.4. The van der Waals surface area contributed by atoms with E-state index in [9.17, 15) is 5.11 Å². The van der Waals surface area contributed by atoms with Gasteiger partial charge in [-0.05, 0) is 24.3 Å². The smallest absolute Gasteiger partial charge is 0.128 e. The Bertz CT molecular complexity index is 615. The summed E-state index contributed by atoms with van der Waals surface area (Å²) in [5.74, 6) is 0.715. The molecule has 0 saturated heterocycles. The summed E-state index contributed by atoms with van der Waals surface area (Å²) in [7, 11) is 0. The molecule has 1 heterocycles. The first kappa shape index (κ1) is 13.0. The van der Waals surface area contributed by atoms with Crippen LogP contribution in [-0.4, -0.2) is 5.11 Å². The molecule has 0 saturated carbocycles. The van der Waals surface area contributed by atoms with Crippen LogP contribution < -0.4 is 4.74 Å². The Labute approximate surface area is 125 Å². The van der Waals surface area contributed by atoms with E-state index in [0.717, 1.165) is 15.6 Å². The zero-order valence-electron chi connectivity index (χ0n) is 10.0. The fourth-order valence-electron chi connectivity index (χ4n) is 2.34. The van der Waals surface area contributed by atoms with Crippen molar-refractivity contribution in [1.29, 1.82) is 0 Å². The van der Waals surface area contributed by atoms with E-state index in [1.807, 2.05) is 42.5 Å². The highest BCUT2D eigenvalue weighted by molar-refractivity contribution is 9.10. The summed E-state index contributed by atoms with van der Waals surface area (Å²) in [6.45, 7) is 0. The lowest BCUT2D eigenvalue weighted by atomic mass is 9.95. The first-order chi connectivity index (χ1) is 9.15. The molecule has 0 amide bonds. The van der Waals surface area contributed by atoms with E-state index < -0.39 is 6.10 Å². The van der Waals surface area contributed by atoms with Gasteiger partial charge in [0.2, 0.25) is 0 Å². The Kier molecular flexibility index (Phi) is 3.52. The maximum Gasteiger partial charge on any atom is 0.128 e. The van der Waals surface area contributed by atoms with E-state index in [-0.39, 0.29) is 6.10 Å². The lowest BCUT2D eigenvalue weighted by Gasteiger charge is -2.30. The second-order valence-electron chi connectivity index (χ2n) is 4.56. The summed E-state index contributed by atoms with van der Waals surface area (Å²) < 4.78 is 6.89. The SMILES string of the molecule is OC1CC(c2ccccc2Cl)Oc2ccc(Br)cc21. The fraction of sp³-hybridized carbons (Fsp3) is 0.200. The molecule has 3 rings (SSSR count). The van der Waals surface area contributed by atoms with Crippen LogP contribution in [0.3, 0.4) is 0 Å². The normalized spacial score (nSPS) is 21.6. The topological polar surface area (TPSA) is 29.5 Å². The minimum Gasteiger partial charge on any atom is -0.485 e. The maximum absolute atomic E-state index is 10.3. The average Bonchev–Trinajstić information content (AvgIpc) is 2.40. The molecular formula is C15H12BrClO2. The van der Waals surface area contributed by atoms with Gasteiger partial charge in [0, 0.05) is 27.0 Å². The van der Waals surface area contributed by atoms with Gasteiger partial charge in [-0.2, -0.15) is 0 Å². The molecule has 2 unspecified atom stereocenters. The highest BCUT2D eigenvalue weighted by Crippen LogP contribution is 2.43. The third kappa shape index (κ3) is 2.50. The van der Waals surface area contributed by atoms with Crippen LogP contribution in [0, 0.1) is 0 Å². The van der Waals surface area contributed by atoms with Crippen LogP contribution in [0.2, 0.25) is 5.02 Å². The van der Waals surface area contributed by atoms with Crippen molar-refractivity contribution in [3.63, 3.8) is 0 Å². The summed E-state index contributed by atoms with van der Waals surface area (Å²) in [6.07, 6.45) is -0.243. The van der Waals surface area contributed by atoms with Gasteiger partial charge >= 0.3 is 0 Å². The largest absolute Gasteiger partial charge is 0.485 e. The molecule has 2 nitrogen and oxygen atoms in total. The summed E-state index contributed by atoms with van der Waals surface area (Å²) in [4.78, 5) is 0. The van der Waals surface area contributed by atoms with Crippen molar-refractivity contribution in [2.45, 2.75) is 18.6 Å². The molecule has 1 N–H and O–H groups in total. The van der Waals surface area contributed by atoms with Gasteiger partial charge in [0.05, 0.1) is 6.10 Å². The Hall–Kier alpha value is -1.03. The van der Waals surface area contributed by atoms with Crippen LogP contribution in [0.25, 0.3) is 0 Å². The number of aliphatic hydroxyl groups excluding tert-OH is 1. The molecule has 98 valence electrons. The van der Waals surface area contributed by atoms with Crippen LogP contribution in [0.5, 0.6) is 5.75 Å². The van der Waals surface area contributed by atoms with Gasteiger partial charge in [-0.15, -0.1) is 0 Å². The molecule has 0 fully saturated rings. The van der Waals surface area contributed by atoms with Gasteiger partial charge in [0.1, 0.15) is 11.9 Å². The van der Waals surface area contributed by atoms with Gasteiger partial charge in [0.15, 0.2) is 0 Å². The highest BCUT2D eigenvalue weighted by atomic mass is 79.9. The van der Waals surface area contributed by atoms with Crippen molar-refractivity contribution in [2.24, 2.45) is 0 Å². The molecule has 0 aliphatic carbocycles. The van der Waals surface area contributed by atoms with Crippen molar-refractivity contribution in [1.82, 2.24) is 0 Å². The van der Waals surface area contributed by atoms with Crippen LogP contribution in [0.1, 0.15) is 29.8 Å². The second-order valence-corrected chi connectivity index (χ2v) is 5.88. The zero-order valence-corrected chi connectivity index (χ0v) is 12.4. The Balaban J connectivity index is 1.97. The number of aliphatic hydroxyl groups is 1. The number of rotatable bonds is 1. The lowest BCUT2D eigenvalue weighted by molar-refractivity contribution is 0.0657. The van der Waals surface area contributed by atoms with Crippen molar-refractivity contribution in [3.05, 3.63) is 63.1 Å². The predicted octanol–water partition coefficient (Wildman–Crippen LogP) is 4.66. The Morgan fingerprint density at radius 3 is 2.74 bits per heavy atom. The number of hydrogen-bond acceptors (Lipinski definition) is 2. The van der Waals surface area contributed by atoms with Gasteiger partial charge in [-0.1, -0.05) is 45.7 Å². The predicted molar refractivity (Wildman–Crippen MR) is 78.5 cm³/mol. The number of benzene rings is 2. The van der Waals surface area contributed by atoms with Gasteiger partial charge < -0.3 is 9.84 Å². The Morgan fingerprint density at radius 1 is 1.16 bits per heavy atom. The minimum atomic E-state index is -0.539. The molecule has 0 spiro atoms. The minimum absolute atomic E-state index is 0.211. The van der Waals surface area contributed by atoms with E-state index in [0.29, 0.717) is 17.2 Å². The molecule has 0 radical (unpaired) electrons. The van der Waals surface area contributed by atoms with E-state index >= 15 is 0 Å².